The van der Waals surface area contributed by atoms with Crippen molar-refractivity contribution in [2.24, 2.45) is 0 Å². The van der Waals surface area contributed by atoms with Gasteiger partial charge in [-0.25, -0.2) is 0 Å². The smallest absolute Gasteiger partial charge is 0.258 e. The molecule has 0 aliphatic heterocycles. The molecule has 0 aliphatic rings. The van der Waals surface area contributed by atoms with Gasteiger partial charge in [-0.15, -0.1) is 0 Å². The van der Waals surface area contributed by atoms with Crippen LogP contribution in [0, 0.1) is 0 Å². The maximum atomic E-state index is 12.1. The zero-order valence-corrected chi connectivity index (χ0v) is 10.2. The van der Waals surface area contributed by atoms with Gasteiger partial charge in [0.05, 0.1) is 0 Å². The van der Waals surface area contributed by atoms with Gasteiger partial charge in [-0.1, -0.05) is 29.8 Å². The van der Waals surface area contributed by atoms with E-state index in [0.717, 1.165) is 5.69 Å². The highest BCUT2D eigenvalue weighted by molar-refractivity contribution is 6.30. The first-order valence-electron chi connectivity index (χ1n) is 5.27. The molecule has 0 fully saturated rings. The van der Waals surface area contributed by atoms with Gasteiger partial charge in [0.1, 0.15) is 0 Å². The summed E-state index contributed by atoms with van der Waals surface area (Å²) < 4.78 is 0. The molecule has 0 bridgehead atoms. The fraction of sp³-hybridized carbons (Fsp3) is 0.0714. The molecule has 1 amide bonds. The van der Waals surface area contributed by atoms with Crippen molar-refractivity contribution in [2.45, 2.75) is 0 Å². The Balaban J connectivity index is 2.23. The summed E-state index contributed by atoms with van der Waals surface area (Å²) in [7, 11) is 1.75. The third kappa shape index (κ3) is 2.66. The molecule has 0 atom stereocenters. The van der Waals surface area contributed by atoms with Gasteiger partial charge >= 0.3 is 0 Å². The molecule has 0 saturated carbocycles. The number of rotatable bonds is 2. The molecule has 2 aromatic carbocycles. The normalized spacial score (nSPS) is 10.0. The Kier molecular flexibility index (Phi) is 3.45. The van der Waals surface area contributed by atoms with E-state index in [9.17, 15) is 4.79 Å². The fourth-order valence-corrected chi connectivity index (χ4v) is 1.68. The van der Waals surface area contributed by atoms with Crippen molar-refractivity contribution < 1.29 is 4.79 Å². The second kappa shape index (κ2) is 5.02. The molecule has 2 aromatic rings. The minimum atomic E-state index is -0.0343. The number of hydrogen-bond acceptors (Lipinski definition) is 1. The monoisotopic (exact) mass is 245 g/mol. The van der Waals surface area contributed by atoms with Crippen molar-refractivity contribution in [2.75, 3.05) is 11.9 Å². The highest BCUT2D eigenvalue weighted by Crippen LogP contribution is 2.18. The molecule has 0 aromatic heterocycles. The Bertz CT molecular complexity index is 508. The molecule has 0 heterocycles. The first-order valence-corrected chi connectivity index (χ1v) is 5.65. The first-order chi connectivity index (χ1) is 8.18. The van der Waals surface area contributed by atoms with E-state index in [2.05, 4.69) is 0 Å². The molecule has 0 saturated heterocycles. The Morgan fingerprint density at radius 3 is 2.18 bits per heavy atom. The lowest BCUT2D eigenvalue weighted by Gasteiger charge is -2.17. The number of carbonyl (C=O) groups is 1. The van der Waals surface area contributed by atoms with Gasteiger partial charge in [-0.3, -0.25) is 4.79 Å². The second-order valence-corrected chi connectivity index (χ2v) is 4.14. The maximum absolute atomic E-state index is 12.1. The predicted molar refractivity (Wildman–Crippen MR) is 70.6 cm³/mol. The van der Waals surface area contributed by atoms with Crippen LogP contribution in [-0.4, -0.2) is 13.0 Å². The van der Waals surface area contributed by atoms with Crippen LogP contribution in [0.1, 0.15) is 10.4 Å². The van der Waals surface area contributed by atoms with Crippen LogP contribution in [0.5, 0.6) is 0 Å². The molecule has 86 valence electrons. The number of amides is 1. The Morgan fingerprint density at radius 1 is 1.00 bits per heavy atom. The molecule has 2 nitrogen and oxygen atoms in total. The number of carbonyl (C=O) groups excluding carboxylic acids is 1. The van der Waals surface area contributed by atoms with E-state index >= 15 is 0 Å². The zero-order valence-electron chi connectivity index (χ0n) is 9.43. The van der Waals surface area contributed by atoms with E-state index in [1.807, 2.05) is 30.3 Å². The maximum Gasteiger partial charge on any atom is 0.258 e. The molecule has 2 rings (SSSR count). The summed E-state index contributed by atoms with van der Waals surface area (Å²) in [6.07, 6.45) is 0. The van der Waals surface area contributed by atoms with E-state index < -0.39 is 0 Å². The fourth-order valence-electron chi connectivity index (χ4n) is 1.56. The topological polar surface area (TPSA) is 20.3 Å². The van der Waals surface area contributed by atoms with E-state index in [-0.39, 0.29) is 5.91 Å². The highest BCUT2D eigenvalue weighted by atomic mass is 35.5. The first kappa shape index (κ1) is 11.7. The Morgan fingerprint density at radius 2 is 1.59 bits per heavy atom. The quantitative estimate of drug-likeness (QED) is 0.791. The van der Waals surface area contributed by atoms with Crippen LogP contribution in [0.25, 0.3) is 0 Å². The molecule has 3 heteroatoms. The number of benzene rings is 2. The molecule has 0 radical (unpaired) electrons. The van der Waals surface area contributed by atoms with Gasteiger partial charge < -0.3 is 4.90 Å². The van der Waals surface area contributed by atoms with Crippen molar-refractivity contribution in [3.63, 3.8) is 0 Å². The van der Waals surface area contributed by atoms with Crippen molar-refractivity contribution in [3.05, 3.63) is 65.2 Å². The van der Waals surface area contributed by atoms with Gasteiger partial charge in [0, 0.05) is 23.3 Å². The van der Waals surface area contributed by atoms with Crippen molar-refractivity contribution in [3.8, 4) is 0 Å². The number of anilines is 1. The van der Waals surface area contributed by atoms with Crippen molar-refractivity contribution >= 4 is 23.2 Å². The number of halogens is 1. The van der Waals surface area contributed by atoms with E-state index in [1.165, 1.54) is 0 Å². The van der Waals surface area contributed by atoms with Crippen LogP contribution in [0.15, 0.2) is 54.6 Å². The number of hydrogen-bond donors (Lipinski definition) is 0. The van der Waals surface area contributed by atoms with Crippen LogP contribution >= 0.6 is 11.6 Å². The lowest BCUT2D eigenvalue weighted by molar-refractivity contribution is 0.0993. The summed E-state index contributed by atoms with van der Waals surface area (Å²) in [6.45, 7) is 0. The van der Waals surface area contributed by atoms with Crippen molar-refractivity contribution in [1.29, 1.82) is 0 Å². The van der Waals surface area contributed by atoms with Gasteiger partial charge in [0.15, 0.2) is 0 Å². The van der Waals surface area contributed by atoms with E-state index in [4.69, 9.17) is 11.6 Å². The summed E-state index contributed by atoms with van der Waals surface area (Å²) in [6, 6.07) is 16.4. The summed E-state index contributed by atoms with van der Waals surface area (Å²) in [4.78, 5) is 13.7. The van der Waals surface area contributed by atoms with Gasteiger partial charge in [-0.05, 0) is 36.4 Å². The van der Waals surface area contributed by atoms with Crippen LogP contribution in [0.3, 0.4) is 0 Å². The van der Waals surface area contributed by atoms with E-state index in [1.54, 1.807) is 36.2 Å². The van der Waals surface area contributed by atoms with Crippen LogP contribution < -0.4 is 4.90 Å². The third-order valence-electron chi connectivity index (χ3n) is 2.54. The Labute approximate surface area is 105 Å². The summed E-state index contributed by atoms with van der Waals surface area (Å²) >= 11 is 5.81. The van der Waals surface area contributed by atoms with Crippen LogP contribution in [-0.2, 0) is 0 Å². The third-order valence-corrected chi connectivity index (χ3v) is 2.79. The SMILES string of the molecule is CN(C(=O)c1ccccc1)c1ccc(Cl)cc1. The predicted octanol–water partition coefficient (Wildman–Crippen LogP) is 3.62. The van der Waals surface area contributed by atoms with Crippen LogP contribution in [0.4, 0.5) is 5.69 Å². The second-order valence-electron chi connectivity index (χ2n) is 3.71. The Hall–Kier alpha value is -1.80. The minimum Gasteiger partial charge on any atom is -0.311 e. The largest absolute Gasteiger partial charge is 0.311 e. The van der Waals surface area contributed by atoms with Crippen molar-refractivity contribution in [1.82, 2.24) is 0 Å². The molecule has 0 spiro atoms. The highest BCUT2D eigenvalue weighted by Gasteiger charge is 2.12. The molecule has 0 N–H and O–H groups in total. The van der Waals surface area contributed by atoms with Gasteiger partial charge in [0.2, 0.25) is 0 Å². The average molecular weight is 246 g/mol. The molecule has 17 heavy (non-hydrogen) atoms. The van der Waals surface area contributed by atoms with E-state index in [0.29, 0.717) is 10.6 Å². The molecule has 0 aliphatic carbocycles. The summed E-state index contributed by atoms with van der Waals surface area (Å²) in [5.41, 5.74) is 1.49. The summed E-state index contributed by atoms with van der Waals surface area (Å²) in [5, 5.41) is 0.661. The summed E-state index contributed by atoms with van der Waals surface area (Å²) in [5.74, 6) is -0.0343. The van der Waals surface area contributed by atoms with Crippen LogP contribution in [0.2, 0.25) is 5.02 Å². The lowest BCUT2D eigenvalue weighted by Crippen LogP contribution is -2.25. The molecule has 0 unspecified atom stereocenters. The minimum absolute atomic E-state index is 0.0343. The molecular formula is C14H12ClNO. The standard InChI is InChI=1S/C14H12ClNO/c1-16(13-9-7-12(15)8-10-13)14(17)11-5-3-2-4-6-11/h2-10H,1H3. The molecular weight excluding hydrogens is 234 g/mol. The number of nitrogens with zero attached hydrogens (tertiary/aromatic N) is 1. The van der Waals surface area contributed by atoms with Gasteiger partial charge in [-0.2, -0.15) is 0 Å². The average Bonchev–Trinajstić information content (AvgIpc) is 2.39. The zero-order chi connectivity index (χ0) is 12.3. The lowest BCUT2D eigenvalue weighted by atomic mass is 10.2. The van der Waals surface area contributed by atoms with Gasteiger partial charge in [0.25, 0.3) is 5.91 Å².